The maximum atomic E-state index is 9.82. The van der Waals surface area contributed by atoms with Crippen LogP contribution in [-0.2, 0) is 0 Å². The Bertz CT molecular complexity index is 211. The summed E-state index contributed by atoms with van der Waals surface area (Å²) in [5.74, 6) is 0.788. The Hall–Kier alpha value is -0.340. The molecule has 2 fully saturated rings. The summed E-state index contributed by atoms with van der Waals surface area (Å²) < 4.78 is 0. The molecule has 0 aromatic heterocycles. The maximum absolute atomic E-state index is 9.82. The molecule has 2 rings (SSSR count). The van der Waals surface area contributed by atoms with Crippen LogP contribution in [0.5, 0.6) is 0 Å². The van der Waals surface area contributed by atoms with Crippen LogP contribution < -0.4 is 5.32 Å². The summed E-state index contributed by atoms with van der Waals surface area (Å²) in [7, 11) is 0. The lowest BCUT2D eigenvalue weighted by Gasteiger charge is -2.39. The second kappa shape index (κ2) is 5.13. The molecule has 15 heavy (non-hydrogen) atoms. The van der Waals surface area contributed by atoms with Crippen molar-refractivity contribution in [2.24, 2.45) is 5.92 Å². The van der Waals surface area contributed by atoms with E-state index in [1.54, 1.807) is 0 Å². The fourth-order valence-electron chi connectivity index (χ4n) is 3.12. The molecule has 1 saturated heterocycles. The van der Waals surface area contributed by atoms with E-state index >= 15 is 0 Å². The van der Waals surface area contributed by atoms with Gasteiger partial charge in [-0.2, -0.15) is 0 Å². The molecule has 0 spiro atoms. The molecule has 2 aliphatic rings. The molecule has 2 N–H and O–H groups in total. The lowest BCUT2D eigenvalue weighted by atomic mass is 9.79. The summed E-state index contributed by atoms with van der Waals surface area (Å²) in [5, 5.41) is 13.4. The molecule has 0 radical (unpaired) electrons. The van der Waals surface area contributed by atoms with E-state index in [4.69, 9.17) is 0 Å². The Kier molecular flexibility index (Phi) is 3.81. The van der Waals surface area contributed by atoms with Crippen molar-refractivity contribution >= 4 is 0 Å². The van der Waals surface area contributed by atoms with Gasteiger partial charge in [0.25, 0.3) is 0 Å². The van der Waals surface area contributed by atoms with Crippen molar-refractivity contribution in [2.45, 2.75) is 63.1 Å². The summed E-state index contributed by atoms with van der Waals surface area (Å²) in [6.07, 6.45) is 10.4. The predicted octanol–water partition coefficient (Wildman–Crippen LogP) is 2.23. The van der Waals surface area contributed by atoms with Gasteiger partial charge in [-0.3, -0.25) is 0 Å². The minimum absolute atomic E-state index is 0.124. The smallest absolute Gasteiger partial charge is 0.0573 e. The molecule has 0 amide bonds. The van der Waals surface area contributed by atoms with E-state index in [1.807, 2.05) is 6.08 Å². The van der Waals surface area contributed by atoms with Crippen molar-refractivity contribution < 1.29 is 5.11 Å². The van der Waals surface area contributed by atoms with Gasteiger partial charge in [0.2, 0.25) is 0 Å². The van der Waals surface area contributed by atoms with Crippen molar-refractivity contribution in [1.29, 1.82) is 0 Å². The minimum Gasteiger partial charge on any atom is -0.393 e. The third-order valence-electron chi connectivity index (χ3n) is 3.98. The third kappa shape index (κ3) is 2.82. The normalized spacial score (nSPS) is 38.9. The van der Waals surface area contributed by atoms with E-state index in [2.05, 4.69) is 11.9 Å². The van der Waals surface area contributed by atoms with Gasteiger partial charge >= 0.3 is 0 Å². The van der Waals surface area contributed by atoms with Crippen molar-refractivity contribution in [3.8, 4) is 0 Å². The number of aliphatic hydroxyl groups is 1. The fourth-order valence-corrected chi connectivity index (χ4v) is 3.12. The first-order valence-electron chi connectivity index (χ1n) is 6.36. The number of hydrogen-bond acceptors (Lipinski definition) is 2. The van der Waals surface area contributed by atoms with Gasteiger partial charge < -0.3 is 10.4 Å². The van der Waals surface area contributed by atoms with Crippen molar-refractivity contribution in [3.63, 3.8) is 0 Å². The maximum Gasteiger partial charge on any atom is 0.0573 e. The molecule has 2 nitrogen and oxygen atoms in total. The second-order valence-corrected chi connectivity index (χ2v) is 5.14. The summed E-state index contributed by atoms with van der Waals surface area (Å²) in [5.41, 5.74) is 0. The molecular weight excluding hydrogens is 186 g/mol. The molecule has 0 bridgehead atoms. The molecule has 1 heterocycles. The average Bonchev–Trinajstić information content (AvgIpc) is 2.29. The lowest BCUT2D eigenvalue weighted by Crippen LogP contribution is -2.50. The van der Waals surface area contributed by atoms with E-state index in [1.165, 1.54) is 32.1 Å². The molecule has 1 saturated carbocycles. The van der Waals surface area contributed by atoms with Crippen molar-refractivity contribution in [2.75, 3.05) is 0 Å². The monoisotopic (exact) mass is 209 g/mol. The topological polar surface area (TPSA) is 32.3 Å². The zero-order valence-corrected chi connectivity index (χ0v) is 9.49. The Morgan fingerprint density at radius 1 is 1.13 bits per heavy atom. The highest BCUT2D eigenvalue weighted by atomic mass is 16.3. The van der Waals surface area contributed by atoms with Gasteiger partial charge in [0, 0.05) is 12.1 Å². The molecule has 1 aliphatic heterocycles. The van der Waals surface area contributed by atoms with Crippen LogP contribution in [0.4, 0.5) is 0 Å². The number of hydrogen-bond donors (Lipinski definition) is 2. The van der Waals surface area contributed by atoms with Crippen molar-refractivity contribution in [3.05, 3.63) is 12.7 Å². The number of aliphatic hydroxyl groups excluding tert-OH is 1. The third-order valence-corrected chi connectivity index (χ3v) is 3.98. The SMILES string of the molecule is C=C[C@H]1C[C@@H](O)C[C@@H](C2CCCCC2)N1. The minimum atomic E-state index is -0.124. The molecule has 86 valence electrons. The van der Waals surface area contributed by atoms with Gasteiger partial charge in [-0.25, -0.2) is 0 Å². The molecule has 0 aromatic carbocycles. The Labute approximate surface area is 92.8 Å². The summed E-state index contributed by atoms with van der Waals surface area (Å²) >= 11 is 0. The zero-order valence-electron chi connectivity index (χ0n) is 9.49. The average molecular weight is 209 g/mol. The van der Waals surface area contributed by atoms with Gasteiger partial charge in [0.1, 0.15) is 0 Å². The van der Waals surface area contributed by atoms with Gasteiger partial charge in [0.05, 0.1) is 6.10 Å². The highest BCUT2D eigenvalue weighted by Gasteiger charge is 2.31. The van der Waals surface area contributed by atoms with Crippen LogP contribution in [-0.4, -0.2) is 23.3 Å². The van der Waals surface area contributed by atoms with Crippen LogP contribution in [0.15, 0.2) is 12.7 Å². The first-order valence-corrected chi connectivity index (χ1v) is 6.36. The van der Waals surface area contributed by atoms with Gasteiger partial charge in [-0.05, 0) is 31.6 Å². The van der Waals surface area contributed by atoms with E-state index in [0.29, 0.717) is 12.1 Å². The molecule has 0 unspecified atom stereocenters. The van der Waals surface area contributed by atoms with E-state index < -0.39 is 0 Å². The van der Waals surface area contributed by atoms with Crippen LogP contribution in [0.25, 0.3) is 0 Å². The van der Waals surface area contributed by atoms with E-state index in [0.717, 1.165) is 18.8 Å². The van der Waals surface area contributed by atoms with E-state index in [9.17, 15) is 5.11 Å². The van der Waals surface area contributed by atoms with Crippen LogP contribution in [0.2, 0.25) is 0 Å². The zero-order chi connectivity index (χ0) is 10.7. The Balaban J connectivity index is 1.92. The van der Waals surface area contributed by atoms with Gasteiger partial charge in [-0.15, -0.1) is 6.58 Å². The van der Waals surface area contributed by atoms with Crippen LogP contribution >= 0.6 is 0 Å². The second-order valence-electron chi connectivity index (χ2n) is 5.14. The quantitative estimate of drug-likeness (QED) is 0.684. The highest BCUT2D eigenvalue weighted by Crippen LogP contribution is 2.31. The summed E-state index contributed by atoms with van der Waals surface area (Å²) in [6.45, 7) is 3.82. The van der Waals surface area contributed by atoms with E-state index in [-0.39, 0.29) is 6.10 Å². The Morgan fingerprint density at radius 3 is 2.53 bits per heavy atom. The molecule has 0 aromatic rings. The van der Waals surface area contributed by atoms with Crippen LogP contribution in [0.1, 0.15) is 44.9 Å². The number of rotatable bonds is 2. The lowest BCUT2D eigenvalue weighted by molar-refractivity contribution is 0.0789. The number of nitrogens with one attached hydrogen (secondary N) is 1. The Morgan fingerprint density at radius 2 is 1.87 bits per heavy atom. The largest absolute Gasteiger partial charge is 0.393 e. The van der Waals surface area contributed by atoms with Gasteiger partial charge in [0.15, 0.2) is 0 Å². The molecule has 2 heteroatoms. The predicted molar refractivity (Wildman–Crippen MR) is 62.7 cm³/mol. The standard InChI is InChI=1S/C13H23NO/c1-2-11-8-12(15)9-13(14-11)10-6-4-3-5-7-10/h2,10-15H,1,3-9H2/t11-,12+,13-/m0/s1. The fraction of sp³-hybridized carbons (Fsp3) is 0.846. The highest BCUT2D eigenvalue weighted by molar-refractivity contribution is 4.96. The van der Waals surface area contributed by atoms with Crippen LogP contribution in [0, 0.1) is 5.92 Å². The molecule has 1 aliphatic carbocycles. The van der Waals surface area contributed by atoms with Gasteiger partial charge in [-0.1, -0.05) is 25.3 Å². The molecular formula is C13H23NO. The summed E-state index contributed by atoms with van der Waals surface area (Å²) in [6, 6.07) is 0.845. The first kappa shape index (κ1) is 11.2. The summed E-state index contributed by atoms with van der Waals surface area (Å²) in [4.78, 5) is 0. The van der Waals surface area contributed by atoms with Crippen LogP contribution in [0.3, 0.4) is 0 Å². The first-order chi connectivity index (χ1) is 7.29. The molecule has 3 atom stereocenters. The number of piperidine rings is 1. The van der Waals surface area contributed by atoms with Crippen molar-refractivity contribution in [1.82, 2.24) is 5.32 Å².